The molecule has 1 aliphatic rings. The number of aromatic hydroxyl groups is 1. The maximum Gasteiger partial charge on any atom is 0.358 e. The van der Waals surface area contributed by atoms with Crippen LogP contribution >= 0.6 is 0 Å². The van der Waals surface area contributed by atoms with Crippen molar-refractivity contribution in [2.45, 2.75) is 12.6 Å². The second-order valence-electron chi connectivity index (χ2n) is 4.90. The van der Waals surface area contributed by atoms with E-state index in [0.717, 1.165) is 25.2 Å². The number of aromatic carboxylic acids is 1. The van der Waals surface area contributed by atoms with E-state index in [4.69, 9.17) is 5.11 Å². The van der Waals surface area contributed by atoms with Crippen molar-refractivity contribution in [3.8, 4) is 5.75 Å². The number of aromatic nitrogens is 3. The number of carboxylic acid groups (broad SMARTS) is 1. The zero-order valence-electron chi connectivity index (χ0n) is 10.7. The second kappa shape index (κ2) is 4.93. The van der Waals surface area contributed by atoms with Crippen LogP contribution in [0.4, 0.5) is 0 Å². The minimum absolute atomic E-state index is 0.0259. The predicted molar refractivity (Wildman–Crippen MR) is 69.4 cm³/mol. The molecule has 1 saturated heterocycles. The highest BCUT2D eigenvalue weighted by molar-refractivity contribution is 5.84. The molecular weight excluding hydrogens is 260 g/mol. The van der Waals surface area contributed by atoms with Crippen LogP contribution in [0.3, 0.4) is 0 Å². The predicted octanol–water partition coefficient (Wildman–Crippen LogP) is 0.739. The van der Waals surface area contributed by atoms with Crippen LogP contribution in [0.15, 0.2) is 30.5 Å². The summed E-state index contributed by atoms with van der Waals surface area (Å²) in [6.45, 7) is 2.42. The molecule has 7 heteroatoms. The van der Waals surface area contributed by atoms with E-state index in [-0.39, 0.29) is 17.5 Å². The van der Waals surface area contributed by atoms with Gasteiger partial charge >= 0.3 is 5.97 Å². The van der Waals surface area contributed by atoms with E-state index in [9.17, 15) is 9.90 Å². The van der Waals surface area contributed by atoms with Gasteiger partial charge in [0.1, 0.15) is 5.75 Å². The monoisotopic (exact) mass is 274 g/mol. The van der Waals surface area contributed by atoms with Gasteiger partial charge in [-0.2, -0.15) is 0 Å². The smallest absolute Gasteiger partial charge is 0.358 e. The van der Waals surface area contributed by atoms with E-state index >= 15 is 0 Å². The Labute approximate surface area is 115 Å². The SMILES string of the molecule is O=C(O)c1cn(C2CN(Cc3ccc(O)cc3)C2)nn1. The molecule has 0 bridgehead atoms. The number of carbonyl (C=O) groups is 1. The van der Waals surface area contributed by atoms with Crippen molar-refractivity contribution in [2.75, 3.05) is 13.1 Å². The molecule has 104 valence electrons. The molecule has 1 fully saturated rings. The summed E-state index contributed by atoms with van der Waals surface area (Å²) in [6, 6.07) is 7.29. The normalized spacial score (nSPS) is 16.0. The average Bonchev–Trinajstić information content (AvgIpc) is 2.85. The lowest BCUT2D eigenvalue weighted by Gasteiger charge is -2.38. The summed E-state index contributed by atoms with van der Waals surface area (Å²) in [7, 11) is 0. The summed E-state index contributed by atoms with van der Waals surface area (Å²) in [5, 5.41) is 25.5. The molecule has 0 amide bonds. The van der Waals surface area contributed by atoms with E-state index < -0.39 is 5.97 Å². The number of phenols is 1. The van der Waals surface area contributed by atoms with Gasteiger partial charge in [0.15, 0.2) is 5.69 Å². The molecule has 2 aromatic rings. The topological polar surface area (TPSA) is 91.5 Å². The van der Waals surface area contributed by atoms with Crippen molar-refractivity contribution in [1.82, 2.24) is 19.9 Å². The van der Waals surface area contributed by atoms with Crippen LogP contribution in [0.5, 0.6) is 5.75 Å². The number of hydrogen-bond donors (Lipinski definition) is 2. The molecule has 0 saturated carbocycles. The molecule has 0 radical (unpaired) electrons. The highest BCUT2D eigenvalue weighted by atomic mass is 16.4. The Bertz CT molecular complexity index is 617. The lowest BCUT2D eigenvalue weighted by atomic mass is 10.1. The third kappa shape index (κ3) is 2.48. The minimum atomic E-state index is -1.06. The zero-order valence-corrected chi connectivity index (χ0v) is 10.7. The zero-order chi connectivity index (χ0) is 14.1. The first kappa shape index (κ1) is 12.6. The van der Waals surface area contributed by atoms with Gasteiger partial charge in [0, 0.05) is 19.6 Å². The van der Waals surface area contributed by atoms with E-state index in [1.807, 2.05) is 12.1 Å². The molecule has 2 heterocycles. The third-order valence-electron chi connectivity index (χ3n) is 3.38. The second-order valence-corrected chi connectivity index (χ2v) is 4.90. The summed E-state index contributed by atoms with van der Waals surface area (Å²) >= 11 is 0. The van der Waals surface area contributed by atoms with Crippen LogP contribution in [-0.2, 0) is 6.54 Å². The fourth-order valence-electron chi connectivity index (χ4n) is 2.25. The number of hydrogen-bond acceptors (Lipinski definition) is 5. The van der Waals surface area contributed by atoms with Gasteiger partial charge in [0.25, 0.3) is 0 Å². The molecule has 1 aliphatic heterocycles. The molecule has 1 aromatic heterocycles. The van der Waals surface area contributed by atoms with Crippen molar-refractivity contribution in [3.05, 3.63) is 41.7 Å². The van der Waals surface area contributed by atoms with Gasteiger partial charge in [-0.05, 0) is 17.7 Å². The molecule has 1 aromatic carbocycles. The number of nitrogens with zero attached hydrogens (tertiary/aromatic N) is 4. The van der Waals surface area contributed by atoms with E-state index in [0.29, 0.717) is 0 Å². The molecule has 20 heavy (non-hydrogen) atoms. The fourth-order valence-corrected chi connectivity index (χ4v) is 2.25. The Balaban J connectivity index is 1.55. The Morgan fingerprint density at radius 3 is 2.60 bits per heavy atom. The molecule has 0 unspecified atom stereocenters. The fraction of sp³-hybridized carbons (Fsp3) is 0.308. The molecule has 7 nitrogen and oxygen atoms in total. The Hall–Kier alpha value is -2.41. The van der Waals surface area contributed by atoms with Crippen LogP contribution in [0.25, 0.3) is 0 Å². The van der Waals surface area contributed by atoms with Crippen LogP contribution in [-0.4, -0.2) is 49.2 Å². The minimum Gasteiger partial charge on any atom is -0.508 e. The number of phenolic OH excluding ortho intramolecular Hbond substituents is 1. The standard InChI is InChI=1S/C13H14N4O3/c18-11-3-1-9(2-4-11)5-16-6-10(7-16)17-8-12(13(19)20)14-15-17/h1-4,8,10,18H,5-7H2,(H,19,20). The molecular formula is C13H14N4O3. The Morgan fingerprint density at radius 2 is 2.00 bits per heavy atom. The van der Waals surface area contributed by atoms with Crippen LogP contribution in [0.1, 0.15) is 22.1 Å². The molecule has 3 rings (SSSR count). The molecule has 0 atom stereocenters. The summed E-state index contributed by atoms with van der Waals surface area (Å²) < 4.78 is 1.61. The maximum absolute atomic E-state index is 10.7. The first-order valence-corrected chi connectivity index (χ1v) is 6.27. The molecule has 0 aliphatic carbocycles. The van der Waals surface area contributed by atoms with Gasteiger partial charge in [-0.25, -0.2) is 9.48 Å². The number of likely N-dealkylation sites (tertiary alicyclic amines) is 1. The van der Waals surface area contributed by atoms with E-state index in [2.05, 4.69) is 15.2 Å². The summed E-state index contributed by atoms with van der Waals surface area (Å²) in [5.74, 6) is -0.796. The van der Waals surface area contributed by atoms with Gasteiger partial charge in [0.2, 0.25) is 0 Å². The van der Waals surface area contributed by atoms with Crippen molar-refractivity contribution < 1.29 is 15.0 Å². The van der Waals surface area contributed by atoms with Crippen LogP contribution in [0, 0.1) is 0 Å². The summed E-state index contributed by atoms with van der Waals surface area (Å²) in [5.41, 5.74) is 1.10. The summed E-state index contributed by atoms with van der Waals surface area (Å²) in [6.07, 6.45) is 1.46. The van der Waals surface area contributed by atoms with Crippen molar-refractivity contribution in [2.24, 2.45) is 0 Å². The van der Waals surface area contributed by atoms with Gasteiger partial charge in [-0.3, -0.25) is 4.90 Å². The Kier molecular flexibility index (Phi) is 3.11. The first-order chi connectivity index (χ1) is 9.61. The third-order valence-corrected chi connectivity index (χ3v) is 3.38. The lowest BCUT2D eigenvalue weighted by molar-refractivity contribution is 0.0690. The van der Waals surface area contributed by atoms with Crippen LogP contribution in [0.2, 0.25) is 0 Å². The quantitative estimate of drug-likeness (QED) is 0.854. The van der Waals surface area contributed by atoms with Gasteiger partial charge in [-0.1, -0.05) is 17.3 Å². The maximum atomic E-state index is 10.7. The van der Waals surface area contributed by atoms with Crippen LogP contribution < -0.4 is 0 Å². The van der Waals surface area contributed by atoms with Crippen molar-refractivity contribution in [1.29, 1.82) is 0 Å². The largest absolute Gasteiger partial charge is 0.508 e. The Morgan fingerprint density at radius 1 is 1.30 bits per heavy atom. The van der Waals surface area contributed by atoms with E-state index in [1.165, 1.54) is 6.20 Å². The van der Waals surface area contributed by atoms with Crippen molar-refractivity contribution in [3.63, 3.8) is 0 Å². The molecule has 2 N–H and O–H groups in total. The highest BCUT2D eigenvalue weighted by Crippen LogP contribution is 2.23. The highest BCUT2D eigenvalue weighted by Gasteiger charge is 2.29. The lowest BCUT2D eigenvalue weighted by Crippen LogP contribution is -2.47. The average molecular weight is 274 g/mol. The van der Waals surface area contributed by atoms with Gasteiger partial charge in [-0.15, -0.1) is 5.10 Å². The van der Waals surface area contributed by atoms with E-state index in [1.54, 1.807) is 16.8 Å². The summed E-state index contributed by atoms with van der Waals surface area (Å²) in [4.78, 5) is 13.0. The molecule has 0 spiro atoms. The van der Waals surface area contributed by atoms with Gasteiger partial charge < -0.3 is 10.2 Å². The van der Waals surface area contributed by atoms with Crippen molar-refractivity contribution >= 4 is 5.97 Å². The number of carboxylic acids is 1. The first-order valence-electron chi connectivity index (χ1n) is 6.27. The van der Waals surface area contributed by atoms with Gasteiger partial charge in [0.05, 0.1) is 12.2 Å². The number of rotatable bonds is 4. The number of benzene rings is 1.